The Bertz CT molecular complexity index is 1030. The van der Waals surface area contributed by atoms with Gasteiger partial charge in [0.25, 0.3) is 5.91 Å². The third-order valence-electron chi connectivity index (χ3n) is 4.88. The molecule has 2 aromatic heterocycles. The van der Waals surface area contributed by atoms with Crippen LogP contribution >= 0.6 is 11.3 Å². The molecule has 7 heteroatoms. The number of nitrogens with one attached hydrogen (secondary N) is 1. The average Bonchev–Trinajstić information content (AvgIpc) is 3.16. The first-order valence-electron chi connectivity index (χ1n) is 9.90. The summed E-state index contributed by atoms with van der Waals surface area (Å²) in [4.78, 5) is 34.3. The van der Waals surface area contributed by atoms with E-state index in [1.54, 1.807) is 20.0 Å². The van der Waals surface area contributed by atoms with E-state index < -0.39 is 12.1 Å². The van der Waals surface area contributed by atoms with E-state index in [1.807, 2.05) is 42.5 Å². The zero-order valence-electron chi connectivity index (χ0n) is 17.5. The molecule has 3 rings (SSSR count). The second-order valence-electron chi connectivity index (χ2n) is 7.08. The summed E-state index contributed by atoms with van der Waals surface area (Å²) in [6, 6.07) is 13.2. The third kappa shape index (κ3) is 4.91. The van der Waals surface area contributed by atoms with Gasteiger partial charge in [-0.25, -0.2) is 9.78 Å². The molecule has 30 heavy (non-hydrogen) atoms. The Kier molecular flexibility index (Phi) is 6.95. The Balaban J connectivity index is 1.69. The maximum Gasteiger partial charge on any atom is 0.351 e. The quantitative estimate of drug-likeness (QED) is 0.528. The van der Waals surface area contributed by atoms with Gasteiger partial charge in [0, 0.05) is 11.9 Å². The molecule has 1 aromatic carbocycles. The molecule has 2 unspecified atom stereocenters. The van der Waals surface area contributed by atoms with Gasteiger partial charge in [0.05, 0.1) is 11.4 Å². The largest absolute Gasteiger partial charge is 0.448 e. The molecule has 2 atom stereocenters. The van der Waals surface area contributed by atoms with Gasteiger partial charge >= 0.3 is 5.97 Å². The monoisotopic (exact) mass is 423 g/mol. The predicted octanol–water partition coefficient (Wildman–Crippen LogP) is 5.21. The number of carbonyl (C=O) groups is 2. The van der Waals surface area contributed by atoms with Crippen LogP contribution in [-0.4, -0.2) is 27.9 Å². The molecule has 0 bridgehead atoms. The molecule has 0 aliphatic rings. The summed E-state index contributed by atoms with van der Waals surface area (Å²) in [7, 11) is 0. The minimum atomic E-state index is -0.942. The number of pyridine rings is 1. The van der Waals surface area contributed by atoms with Crippen LogP contribution < -0.4 is 5.32 Å². The maximum absolute atomic E-state index is 12.6. The Morgan fingerprint density at radius 3 is 2.57 bits per heavy atom. The number of aromatic nitrogens is 2. The Morgan fingerprint density at radius 1 is 1.13 bits per heavy atom. The van der Waals surface area contributed by atoms with E-state index in [-0.39, 0.29) is 5.91 Å². The summed E-state index contributed by atoms with van der Waals surface area (Å²) in [6.07, 6.45) is 1.69. The smallest absolute Gasteiger partial charge is 0.351 e. The molecular formula is C23H25N3O3S. The van der Waals surface area contributed by atoms with Gasteiger partial charge in [0.2, 0.25) is 0 Å². The van der Waals surface area contributed by atoms with Crippen molar-refractivity contribution in [2.75, 3.05) is 5.32 Å². The lowest BCUT2D eigenvalue weighted by Gasteiger charge is -2.18. The van der Waals surface area contributed by atoms with E-state index in [4.69, 9.17) is 4.74 Å². The molecule has 0 aliphatic carbocycles. The van der Waals surface area contributed by atoms with Crippen molar-refractivity contribution in [1.29, 1.82) is 0 Å². The van der Waals surface area contributed by atoms with Crippen LogP contribution in [0.1, 0.15) is 54.0 Å². The van der Waals surface area contributed by atoms with Gasteiger partial charge in [0.1, 0.15) is 9.88 Å². The third-order valence-corrected chi connectivity index (χ3v) is 6.04. The molecule has 0 spiro atoms. The standard InChI is InChI=1S/C23H25N3O3S/c1-5-14(2)17-10-6-7-11-18(17)26-21(27)16(4)29-23(28)20-15(3)25-22(30-20)19-12-8-9-13-24-19/h6-14,16H,5H2,1-4H3,(H,26,27). The first kappa shape index (κ1) is 21.6. The minimum absolute atomic E-state index is 0.309. The van der Waals surface area contributed by atoms with Crippen molar-refractivity contribution in [2.45, 2.75) is 46.1 Å². The fraction of sp³-hybridized carbons (Fsp3) is 0.304. The van der Waals surface area contributed by atoms with Gasteiger partial charge in [-0.15, -0.1) is 11.3 Å². The lowest BCUT2D eigenvalue weighted by Crippen LogP contribution is -2.30. The molecule has 0 fully saturated rings. The van der Waals surface area contributed by atoms with E-state index in [9.17, 15) is 9.59 Å². The number of esters is 1. The van der Waals surface area contributed by atoms with E-state index in [2.05, 4.69) is 29.1 Å². The number of para-hydroxylation sites is 1. The zero-order valence-corrected chi connectivity index (χ0v) is 18.3. The Morgan fingerprint density at radius 2 is 1.87 bits per heavy atom. The highest BCUT2D eigenvalue weighted by molar-refractivity contribution is 7.17. The van der Waals surface area contributed by atoms with Crippen LogP contribution in [0, 0.1) is 6.92 Å². The van der Waals surface area contributed by atoms with Crippen molar-refractivity contribution in [3.8, 4) is 10.7 Å². The van der Waals surface area contributed by atoms with Crippen LogP contribution in [-0.2, 0) is 9.53 Å². The van der Waals surface area contributed by atoms with Crippen LogP contribution in [0.2, 0.25) is 0 Å². The first-order chi connectivity index (χ1) is 14.4. The highest BCUT2D eigenvalue weighted by Crippen LogP contribution is 2.28. The van der Waals surface area contributed by atoms with Crippen molar-refractivity contribution in [3.05, 3.63) is 64.8 Å². The van der Waals surface area contributed by atoms with Crippen molar-refractivity contribution in [2.24, 2.45) is 0 Å². The average molecular weight is 424 g/mol. The van der Waals surface area contributed by atoms with E-state index in [0.29, 0.717) is 27.2 Å². The first-order valence-corrected chi connectivity index (χ1v) is 10.7. The second kappa shape index (κ2) is 9.63. The summed E-state index contributed by atoms with van der Waals surface area (Å²) < 4.78 is 5.43. The van der Waals surface area contributed by atoms with Crippen LogP contribution in [0.4, 0.5) is 5.69 Å². The molecule has 156 valence electrons. The topological polar surface area (TPSA) is 81.2 Å². The number of carbonyl (C=O) groups excluding carboxylic acids is 2. The van der Waals surface area contributed by atoms with Gasteiger partial charge in [-0.3, -0.25) is 9.78 Å². The number of anilines is 1. The minimum Gasteiger partial charge on any atom is -0.448 e. The Labute approximate surface area is 180 Å². The highest BCUT2D eigenvalue weighted by atomic mass is 32.1. The van der Waals surface area contributed by atoms with Crippen molar-refractivity contribution in [1.82, 2.24) is 9.97 Å². The molecule has 2 heterocycles. The number of rotatable bonds is 7. The lowest BCUT2D eigenvalue weighted by atomic mass is 9.97. The van der Waals surface area contributed by atoms with Gasteiger partial charge in [-0.1, -0.05) is 38.1 Å². The van der Waals surface area contributed by atoms with E-state index in [0.717, 1.165) is 17.7 Å². The molecule has 3 aromatic rings. The second-order valence-corrected chi connectivity index (χ2v) is 8.08. The SMILES string of the molecule is CCC(C)c1ccccc1NC(=O)C(C)OC(=O)c1sc(-c2ccccn2)nc1C. The van der Waals surface area contributed by atoms with Crippen LogP contribution in [0.5, 0.6) is 0 Å². The van der Waals surface area contributed by atoms with E-state index >= 15 is 0 Å². The summed E-state index contributed by atoms with van der Waals surface area (Å²) in [5.41, 5.74) is 3.05. The maximum atomic E-state index is 12.6. The van der Waals surface area contributed by atoms with Gasteiger partial charge in [-0.05, 0) is 49.9 Å². The summed E-state index contributed by atoms with van der Waals surface area (Å²) in [6.45, 7) is 7.52. The zero-order chi connectivity index (χ0) is 21.7. The number of amides is 1. The van der Waals surface area contributed by atoms with Crippen LogP contribution in [0.15, 0.2) is 48.7 Å². The number of ether oxygens (including phenoxy) is 1. The van der Waals surface area contributed by atoms with Crippen molar-refractivity contribution in [3.63, 3.8) is 0 Å². The number of nitrogens with zero attached hydrogens (tertiary/aromatic N) is 2. The molecule has 0 saturated carbocycles. The van der Waals surface area contributed by atoms with Crippen molar-refractivity contribution < 1.29 is 14.3 Å². The van der Waals surface area contributed by atoms with Crippen molar-refractivity contribution >= 4 is 28.9 Å². The van der Waals surface area contributed by atoms with Crippen LogP contribution in [0.25, 0.3) is 10.7 Å². The van der Waals surface area contributed by atoms with Gasteiger partial charge < -0.3 is 10.1 Å². The highest BCUT2D eigenvalue weighted by Gasteiger charge is 2.24. The predicted molar refractivity (Wildman–Crippen MR) is 119 cm³/mol. The summed E-state index contributed by atoms with van der Waals surface area (Å²) in [5.74, 6) is -0.625. The molecule has 1 amide bonds. The number of hydrogen-bond donors (Lipinski definition) is 1. The molecule has 0 aliphatic heterocycles. The number of hydrogen-bond acceptors (Lipinski definition) is 6. The summed E-state index contributed by atoms with van der Waals surface area (Å²) in [5, 5.41) is 3.53. The molecule has 1 N–H and O–H groups in total. The summed E-state index contributed by atoms with van der Waals surface area (Å²) >= 11 is 1.21. The fourth-order valence-corrected chi connectivity index (χ4v) is 3.87. The molecule has 6 nitrogen and oxygen atoms in total. The van der Waals surface area contributed by atoms with E-state index in [1.165, 1.54) is 11.3 Å². The van der Waals surface area contributed by atoms with Gasteiger partial charge in [-0.2, -0.15) is 0 Å². The number of benzene rings is 1. The lowest BCUT2D eigenvalue weighted by molar-refractivity contribution is -0.123. The number of aryl methyl sites for hydroxylation is 1. The van der Waals surface area contributed by atoms with Crippen LogP contribution in [0.3, 0.4) is 0 Å². The molecular weight excluding hydrogens is 398 g/mol. The molecule has 0 radical (unpaired) electrons. The number of thiazole rings is 1. The normalized spacial score (nSPS) is 12.8. The fourth-order valence-electron chi connectivity index (χ4n) is 2.95. The van der Waals surface area contributed by atoms with Gasteiger partial charge in [0.15, 0.2) is 6.10 Å². The molecule has 0 saturated heterocycles. The Hall–Kier alpha value is -3.06.